The van der Waals surface area contributed by atoms with E-state index in [4.69, 9.17) is 10.5 Å². The number of imidazole rings is 1. The molecule has 7 nitrogen and oxygen atoms in total. The molecule has 1 heterocycles. The molecule has 0 saturated carbocycles. The van der Waals surface area contributed by atoms with Gasteiger partial charge in [0, 0.05) is 0 Å². The molecule has 0 saturated heterocycles. The van der Waals surface area contributed by atoms with E-state index in [1.807, 2.05) is 0 Å². The maximum absolute atomic E-state index is 11.7. The van der Waals surface area contributed by atoms with Crippen LogP contribution in [0.25, 0.3) is 0 Å². The highest BCUT2D eigenvalue weighted by molar-refractivity contribution is 5.77. The normalized spacial score (nSPS) is 10.1. The molecule has 0 unspecified atom stereocenters. The van der Waals surface area contributed by atoms with Crippen molar-refractivity contribution in [1.82, 2.24) is 9.55 Å². The number of aromatic nitrogens is 2. The first kappa shape index (κ1) is 11.8. The van der Waals surface area contributed by atoms with Gasteiger partial charge in [-0.05, 0) is 36.4 Å². The van der Waals surface area contributed by atoms with Crippen LogP contribution in [0.15, 0.2) is 35.8 Å². The SMILES string of the molecule is Cc1ncn(C(=O)Oc2ccc(N=O)cc2)c1N. The topological polar surface area (TPSA) is 99.6 Å². The van der Waals surface area contributed by atoms with E-state index in [0.717, 1.165) is 4.57 Å². The zero-order valence-electron chi connectivity index (χ0n) is 9.53. The number of hydrogen-bond donors (Lipinski definition) is 1. The maximum Gasteiger partial charge on any atom is 0.426 e. The van der Waals surface area contributed by atoms with Crippen LogP contribution >= 0.6 is 0 Å². The van der Waals surface area contributed by atoms with Crippen LogP contribution in [0.2, 0.25) is 0 Å². The molecule has 0 fully saturated rings. The molecule has 0 amide bonds. The van der Waals surface area contributed by atoms with Crippen LogP contribution in [-0.2, 0) is 0 Å². The van der Waals surface area contributed by atoms with Crippen molar-refractivity contribution in [2.75, 3.05) is 5.73 Å². The molecule has 1 aromatic carbocycles. The number of rotatable bonds is 2. The van der Waals surface area contributed by atoms with Crippen LogP contribution in [0.4, 0.5) is 16.3 Å². The lowest BCUT2D eigenvalue weighted by molar-refractivity contribution is 0.202. The fourth-order valence-electron chi connectivity index (χ4n) is 1.32. The Morgan fingerprint density at radius 1 is 1.39 bits per heavy atom. The molecule has 2 aromatic rings. The quantitative estimate of drug-likeness (QED) is 0.819. The first-order valence-electron chi connectivity index (χ1n) is 5.07. The fourth-order valence-corrected chi connectivity index (χ4v) is 1.32. The Hall–Kier alpha value is -2.70. The maximum atomic E-state index is 11.7. The third kappa shape index (κ3) is 2.19. The first-order valence-corrected chi connectivity index (χ1v) is 5.07. The van der Waals surface area contributed by atoms with Crippen molar-refractivity contribution in [3.8, 4) is 5.75 Å². The number of aryl methyl sites for hydroxylation is 1. The zero-order chi connectivity index (χ0) is 13.1. The molecular formula is C11H10N4O3. The van der Waals surface area contributed by atoms with Crippen molar-refractivity contribution >= 4 is 17.6 Å². The molecule has 0 aliphatic rings. The number of carbonyl (C=O) groups is 1. The van der Waals surface area contributed by atoms with E-state index in [9.17, 15) is 9.70 Å². The number of ether oxygens (including phenoxy) is 1. The second kappa shape index (κ2) is 4.66. The van der Waals surface area contributed by atoms with E-state index < -0.39 is 6.09 Å². The molecular weight excluding hydrogens is 236 g/mol. The number of carbonyl (C=O) groups excluding carboxylic acids is 1. The lowest BCUT2D eigenvalue weighted by atomic mass is 10.3. The van der Waals surface area contributed by atoms with Gasteiger partial charge in [0.15, 0.2) is 0 Å². The van der Waals surface area contributed by atoms with E-state index in [0.29, 0.717) is 5.69 Å². The first-order chi connectivity index (χ1) is 8.61. The second-order valence-corrected chi connectivity index (χ2v) is 3.54. The Balaban J connectivity index is 2.16. The third-order valence-electron chi connectivity index (χ3n) is 2.34. The zero-order valence-corrected chi connectivity index (χ0v) is 9.53. The lowest BCUT2D eigenvalue weighted by Crippen LogP contribution is -2.17. The van der Waals surface area contributed by atoms with Gasteiger partial charge in [0.1, 0.15) is 23.6 Å². The number of nitrogens with two attached hydrogens (primary N) is 1. The summed E-state index contributed by atoms with van der Waals surface area (Å²) in [5.74, 6) is 0.518. The van der Waals surface area contributed by atoms with Gasteiger partial charge < -0.3 is 10.5 Å². The largest absolute Gasteiger partial charge is 0.426 e. The average Bonchev–Trinajstić information content (AvgIpc) is 2.71. The summed E-state index contributed by atoms with van der Waals surface area (Å²) in [7, 11) is 0. The van der Waals surface area contributed by atoms with Gasteiger partial charge in [0.05, 0.1) is 5.69 Å². The van der Waals surface area contributed by atoms with Crippen molar-refractivity contribution < 1.29 is 9.53 Å². The lowest BCUT2D eigenvalue weighted by Gasteiger charge is -2.05. The van der Waals surface area contributed by atoms with Crippen molar-refractivity contribution in [3.05, 3.63) is 41.2 Å². The van der Waals surface area contributed by atoms with Gasteiger partial charge in [0.2, 0.25) is 0 Å². The van der Waals surface area contributed by atoms with Crippen LogP contribution in [0.3, 0.4) is 0 Å². The Morgan fingerprint density at radius 2 is 2.06 bits per heavy atom. The smallest absolute Gasteiger partial charge is 0.410 e. The summed E-state index contributed by atoms with van der Waals surface area (Å²) in [5, 5.41) is 2.74. The summed E-state index contributed by atoms with van der Waals surface area (Å²) in [6.45, 7) is 1.68. The average molecular weight is 246 g/mol. The Morgan fingerprint density at radius 3 is 2.56 bits per heavy atom. The highest BCUT2D eigenvalue weighted by atomic mass is 16.6. The highest BCUT2D eigenvalue weighted by Crippen LogP contribution is 2.18. The molecule has 0 atom stereocenters. The Labute approximate surface area is 102 Å². The molecule has 1 aromatic heterocycles. The minimum absolute atomic E-state index is 0.228. The molecule has 2 rings (SSSR count). The van der Waals surface area contributed by atoms with Crippen molar-refractivity contribution in [3.63, 3.8) is 0 Å². The monoisotopic (exact) mass is 246 g/mol. The number of benzene rings is 1. The molecule has 0 radical (unpaired) electrons. The molecule has 2 N–H and O–H groups in total. The van der Waals surface area contributed by atoms with Gasteiger partial charge in [0.25, 0.3) is 0 Å². The van der Waals surface area contributed by atoms with E-state index in [1.165, 1.54) is 30.6 Å². The molecule has 18 heavy (non-hydrogen) atoms. The van der Waals surface area contributed by atoms with Crippen LogP contribution < -0.4 is 10.5 Å². The van der Waals surface area contributed by atoms with E-state index in [-0.39, 0.29) is 17.3 Å². The van der Waals surface area contributed by atoms with Crippen molar-refractivity contribution in [2.24, 2.45) is 5.18 Å². The van der Waals surface area contributed by atoms with Gasteiger partial charge in [-0.15, -0.1) is 4.91 Å². The van der Waals surface area contributed by atoms with E-state index in [2.05, 4.69) is 10.2 Å². The summed E-state index contributed by atoms with van der Waals surface area (Å²) in [5.41, 5.74) is 6.45. The number of anilines is 1. The molecule has 0 spiro atoms. The number of nitroso groups, excluding NO2 is 1. The predicted octanol–water partition coefficient (Wildman–Crippen LogP) is 2.22. The number of hydrogen-bond acceptors (Lipinski definition) is 6. The summed E-state index contributed by atoms with van der Waals surface area (Å²) >= 11 is 0. The Bertz CT molecular complexity index is 589. The van der Waals surface area contributed by atoms with Gasteiger partial charge in [-0.1, -0.05) is 0 Å². The van der Waals surface area contributed by atoms with Gasteiger partial charge in [-0.3, -0.25) is 0 Å². The van der Waals surface area contributed by atoms with Gasteiger partial charge >= 0.3 is 6.09 Å². The molecule has 0 aliphatic heterocycles. The molecule has 0 bridgehead atoms. The van der Waals surface area contributed by atoms with Gasteiger partial charge in [-0.25, -0.2) is 14.3 Å². The fraction of sp³-hybridized carbons (Fsp3) is 0.0909. The van der Waals surface area contributed by atoms with Crippen LogP contribution in [0, 0.1) is 11.8 Å². The highest BCUT2D eigenvalue weighted by Gasteiger charge is 2.13. The summed E-state index contributed by atoms with van der Waals surface area (Å²) in [6, 6.07) is 5.82. The standard InChI is InChI=1S/C11H10N4O3/c1-7-10(12)15(6-13-7)11(16)18-9-4-2-8(14-17)3-5-9/h2-6H,12H2,1H3. The third-order valence-corrected chi connectivity index (χ3v) is 2.34. The van der Waals surface area contributed by atoms with Crippen LogP contribution in [0.1, 0.15) is 5.69 Å². The molecule has 7 heteroatoms. The minimum Gasteiger partial charge on any atom is -0.410 e. The number of nitrogens with zero attached hydrogens (tertiary/aromatic N) is 3. The molecule has 92 valence electrons. The minimum atomic E-state index is -0.667. The van der Waals surface area contributed by atoms with Crippen LogP contribution in [-0.4, -0.2) is 15.6 Å². The van der Waals surface area contributed by atoms with E-state index >= 15 is 0 Å². The summed E-state index contributed by atoms with van der Waals surface area (Å²) in [4.78, 5) is 25.8. The predicted molar refractivity (Wildman–Crippen MR) is 64.7 cm³/mol. The van der Waals surface area contributed by atoms with Crippen molar-refractivity contribution in [2.45, 2.75) is 6.92 Å². The van der Waals surface area contributed by atoms with Crippen molar-refractivity contribution in [1.29, 1.82) is 0 Å². The summed E-state index contributed by atoms with van der Waals surface area (Å²) < 4.78 is 6.15. The van der Waals surface area contributed by atoms with Crippen LogP contribution in [0.5, 0.6) is 5.75 Å². The second-order valence-electron chi connectivity index (χ2n) is 3.54. The Kier molecular flexibility index (Phi) is 3.05. The van der Waals surface area contributed by atoms with Gasteiger partial charge in [-0.2, -0.15) is 0 Å². The number of nitrogen functional groups attached to an aromatic ring is 1. The molecule has 0 aliphatic carbocycles. The van der Waals surface area contributed by atoms with E-state index in [1.54, 1.807) is 6.92 Å². The summed E-state index contributed by atoms with van der Waals surface area (Å²) in [6.07, 6.45) is 0.619.